The monoisotopic (exact) mass is 321 g/mol. The summed E-state index contributed by atoms with van der Waals surface area (Å²) in [6.07, 6.45) is 1.90. The number of hydrogen-bond donors (Lipinski definition) is 1. The topological polar surface area (TPSA) is 41.6 Å². The number of H-pyrrole nitrogens is 1. The van der Waals surface area contributed by atoms with Crippen LogP contribution < -0.4 is 0 Å². The summed E-state index contributed by atoms with van der Waals surface area (Å²) < 4.78 is 0. The van der Waals surface area contributed by atoms with Gasteiger partial charge in [0, 0.05) is 17.3 Å². The van der Waals surface area contributed by atoms with E-state index in [4.69, 9.17) is 0 Å². The summed E-state index contributed by atoms with van der Waals surface area (Å²) in [4.78, 5) is 4.65. The third-order valence-electron chi connectivity index (χ3n) is 4.50. The van der Waals surface area contributed by atoms with E-state index in [0.29, 0.717) is 0 Å². The molecule has 0 saturated carbocycles. The summed E-state index contributed by atoms with van der Waals surface area (Å²) in [7, 11) is 0. The predicted octanol–water partition coefficient (Wildman–Crippen LogP) is 5.53. The van der Waals surface area contributed by atoms with Gasteiger partial charge in [-0.2, -0.15) is 5.10 Å². The maximum Gasteiger partial charge on any atom is 0.111 e. The Kier molecular flexibility index (Phi) is 3.78. The zero-order chi connectivity index (χ0) is 17.7. The van der Waals surface area contributed by atoms with Crippen LogP contribution >= 0.6 is 0 Å². The fraction of sp³-hybridized carbons (Fsp3) is 0.429. The first-order valence-corrected chi connectivity index (χ1v) is 8.53. The molecule has 1 aromatic carbocycles. The summed E-state index contributed by atoms with van der Waals surface area (Å²) in [5.74, 6) is 0. The minimum Gasteiger partial charge on any atom is -0.282 e. The number of aryl methyl sites for hydroxylation is 1. The molecule has 0 aliphatic heterocycles. The number of benzene rings is 1. The van der Waals surface area contributed by atoms with E-state index in [1.807, 2.05) is 13.1 Å². The molecular weight excluding hydrogens is 294 g/mol. The van der Waals surface area contributed by atoms with Crippen LogP contribution in [0, 0.1) is 6.92 Å². The maximum absolute atomic E-state index is 4.65. The largest absolute Gasteiger partial charge is 0.282 e. The summed E-state index contributed by atoms with van der Waals surface area (Å²) >= 11 is 0. The second-order valence-corrected chi connectivity index (χ2v) is 8.71. The number of nitrogens with one attached hydrogen (secondary N) is 1. The second kappa shape index (κ2) is 5.44. The maximum atomic E-state index is 4.65. The molecule has 0 aliphatic carbocycles. The zero-order valence-electron chi connectivity index (χ0n) is 15.8. The van der Waals surface area contributed by atoms with E-state index in [-0.39, 0.29) is 10.8 Å². The van der Waals surface area contributed by atoms with Crippen molar-refractivity contribution in [1.82, 2.24) is 15.2 Å². The van der Waals surface area contributed by atoms with Crippen molar-refractivity contribution in [3.05, 3.63) is 47.3 Å². The van der Waals surface area contributed by atoms with Crippen molar-refractivity contribution in [3.63, 3.8) is 0 Å². The first-order valence-electron chi connectivity index (χ1n) is 8.53. The van der Waals surface area contributed by atoms with Gasteiger partial charge in [0.15, 0.2) is 0 Å². The molecule has 0 radical (unpaired) electrons. The molecule has 2 aromatic heterocycles. The lowest BCUT2D eigenvalue weighted by molar-refractivity contribution is 0.573. The molecule has 3 aromatic rings. The van der Waals surface area contributed by atoms with E-state index in [1.54, 1.807) is 0 Å². The van der Waals surface area contributed by atoms with Gasteiger partial charge in [-0.25, -0.2) is 0 Å². The number of aromatic amines is 1. The molecule has 0 spiro atoms. The smallest absolute Gasteiger partial charge is 0.111 e. The summed E-state index contributed by atoms with van der Waals surface area (Å²) in [5.41, 5.74) is 5.76. The van der Waals surface area contributed by atoms with Crippen LogP contribution in [0.1, 0.15) is 58.4 Å². The molecule has 0 unspecified atom stereocenters. The van der Waals surface area contributed by atoms with Gasteiger partial charge in [-0.15, -0.1) is 0 Å². The molecular formula is C21H27N3. The van der Waals surface area contributed by atoms with E-state index in [0.717, 1.165) is 17.1 Å². The van der Waals surface area contributed by atoms with Crippen molar-refractivity contribution in [2.24, 2.45) is 0 Å². The lowest BCUT2D eigenvalue weighted by Gasteiger charge is -2.27. The number of hydrogen-bond acceptors (Lipinski definition) is 2. The van der Waals surface area contributed by atoms with Crippen LogP contribution in [0.3, 0.4) is 0 Å². The van der Waals surface area contributed by atoms with E-state index < -0.39 is 0 Å². The molecule has 0 bridgehead atoms. The summed E-state index contributed by atoms with van der Waals surface area (Å²) in [5, 5.41) is 9.91. The minimum absolute atomic E-state index is 0.0691. The van der Waals surface area contributed by atoms with Crippen molar-refractivity contribution in [1.29, 1.82) is 0 Å². The quantitative estimate of drug-likeness (QED) is 0.640. The molecule has 0 atom stereocenters. The van der Waals surface area contributed by atoms with E-state index >= 15 is 0 Å². The Morgan fingerprint density at radius 1 is 0.875 bits per heavy atom. The molecule has 3 nitrogen and oxygen atoms in total. The number of fused-ring (bicyclic) bond motifs is 1. The van der Waals surface area contributed by atoms with Gasteiger partial charge in [-0.1, -0.05) is 47.6 Å². The fourth-order valence-electron chi connectivity index (χ4n) is 3.08. The third-order valence-corrected chi connectivity index (χ3v) is 4.50. The first kappa shape index (κ1) is 16.7. The highest BCUT2D eigenvalue weighted by molar-refractivity contribution is 5.96. The van der Waals surface area contributed by atoms with Crippen LogP contribution in [0.25, 0.3) is 22.2 Å². The Morgan fingerprint density at radius 2 is 1.58 bits per heavy atom. The highest BCUT2D eigenvalue weighted by atomic mass is 15.1. The average molecular weight is 321 g/mol. The van der Waals surface area contributed by atoms with Crippen molar-refractivity contribution >= 4 is 10.8 Å². The number of pyridine rings is 1. The van der Waals surface area contributed by atoms with Crippen molar-refractivity contribution < 1.29 is 0 Å². The van der Waals surface area contributed by atoms with Gasteiger partial charge in [0.25, 0.3) is 0 Å². The minimum atomic E-state index is 0.0691. The van der Waals surface area contributed by atoms with Crippen molar-refractivity contribution in [3.8, 4) is 11.4 Å². The van der Waals surface area contributed by atoms with Gasteiger partial charge in [0.2, 0.25) is 0 Å². The van der Waals surface area contributed by atoms with Crippen molar-refractivity contribution in [2.45, 2.75) is 59.3 Å². The normalized spacial score (nSPS) is 12.8. The van der Waals surface area contributed by atoms with Gasteiger partial charge >= 0.3 is 0 Å². The van der Waals surface area contributed by atoms with Crippen LogP contribution in [-0.4, -0.2) is 15.2 Å². The molecule has 0 saturated heterocycles. The van der Waals surface area contributed by atoms with Gasteiger partial charge in [-0.3, -0.25) is 10.1 Å². The Bertz CT molecular complexity index is 890. The predicted molar refractivity (Wildman–Crippen MR) is 101 cm³/mol. The fourth-order valence-corrected chi connectivity index (χ4v) is 3.08. The van der Waals surface area contributed by atoms with Crippen LogP contribution in [-0.2, 0) is 10.8 Å². The summed E-state index contributed by atoms with van der Waals surface area (Å²) in [6.45, 7) is 15.6. The standard InChI is InChI=1S/C21H27N3/c1-13-10-18(24-23-13)19-16-11-14(20(2,3)4)12-17(21(5,6)7)15(16)8-9-22-19/h8-12H,1-7H3,(H,23,24). The van der Waals surface area contributed by atoms with Gasteiger partial charge in [0.1, 0.15) is 5.69 Å². The van der Waals surface area contributed by atoms with Crippen LogP contribution in [0.5, 0.6) is 0 Å². The van der Waals surface area contributed by atoms with Crippen LogP contribution in [0.15, 0.2) is 30.5 Å². The SMILES string of the molecule is Cc1cc(-c2nccc3c(C(C)(C)C)cc(C(C)(C)C)cc23)n[nH]1. The average Bonchev–Trinajstić information content (AvgIpc) is 2.89. The Morgan fingerprint density at radius 3 is 2.12 bits per heavy atom. The molecule has 126 valence electrons. The Labute approximate surface area is 144 Å². The molecule has 0 amide bonds. The first-order chi connectivity index (χ1) is 11.1. The molecule has 1 N–H and O–H groups in total. The lowest BCUT2D eigenvalue weighted by atomic mass is 9.78. The highest BCUT2D eigenvalue weighted by Gasteiger charge is 2.23. The van der Waals surface area contributed by atoms with E-state index in [1.165, 1.54) is 21.9 Å². The molecule has 0 fully saturated rings. The summed E-state index contributed by atoms with van der Waals surface area (Å²) in [6, 6.07) is 8.84. The van der Waals surface area contributed by atoms with E-state index in [2.05, 4.69) is 81.0 Å². The van der Waals surface area contributed by atoms with Crippen LogP contribution in [0.4, 0.5) is 0 Å². The van der Waals surface area contributed by atoms with Gasteiger partial charge in [0.05, 0.1) is 5.69 Å². The number of nitrogens with zero attached hydrogens (tertiary/aromatic N) is 2. The Balaban J connectivity index is 2.41. The number of rotatable bonds is 1. The molecule has 3 heteroatoms. The van der Waals surface area contributed by atoms with Crippen molar-refractivity contribution in [2.75, 3.05) is 0 Å². The molecule has 3 rings (SSSR count). The second-order valence-electron chi connectivity index (χ2n) is 8.71. The van der Waals surface area contributed by atoms with Crippen LogP contribution in [0.2, 0.25) is 0 Å². The zero-order valence-corrected chi connectivity index (χ0v) is 15.8. The molecule has 0 aliphatic rings. The highest BCUT2D eigenvalue weighted by Crippen LogP contribution is 2.37. The molecule has 24 heavy (non-hydrogen) atoms. The Hall–Kier alpha value is -2.16. The number of aromatic nitrogens is 3. The van der Waals surface area contributed by atoms with Gasteiger partial charge < -0.3 is 0 Å². The lowest BCUT2D eigenvalue weighted by Crippen LogP contribution is -2.17. The van der Waals surface area contributed by atoms with E-state index in [9.17, 15) is 0 Å². The van der Waals surface area contributed by atoms with Gasteiger partial charge in [-0.05, 0) is 52.5 Å². The molecule has 2 heterocycles. The third kappa shape index (κ3) is 2.95.